The molecule has 0 aromatic heterocycles. The summed E-state index contributed by atoms with van der Waals surface area (Å²) in [7, 11) is 0. The molecule has 0 aliphatic carbocycles. The maximum Gasteiger partial charge on any atom is 0.139 e. The first-order chi connectivity index (χ1) is 7.35. The Balaban J connectivity index is 2.79. The highest BCUT2D eigenvalue weighted by atomic mass is 79.9. The molecule has 0 bridgehead atoms. The number of hydrogen-bond donors (Lipinski definition) is 3. The lowest BCUT2D eigenvalue weighted by molar-refractivity contribution is 0.0697. The van der Waals surface area contributed by atoms with Crippen LogP contribution >= 0.6 is 15.9 Å². The summed E-state index contributed by atoms with van der Waals surface area (Å²) in [6.07, 6.45) is 0.610. The molecule has 0 spiro atoms. The number of nitrogen functional groups attached to an aromatic ring is 1. The SMILES string of the molecule is CCC(C)(O)CNc1cc(F)c(Br)cc1N. The third-order valence-corrected chi connectivity index (χ3v) is 3.12. The Morgan fingerprint density at radius 3 is 2.75 bits per heavy atom. The van der Waals surface area contributed by atoms with Crippen LogP contribution < -0.4 is 11.1 Å². The fraction of sp³-hybridized carbons (Fsp3) is 0.455. The molecule has 1 aromatic carbocycles. The highest BCUT2D eigenvalue weighted by molar-refractivity contribution is 9.10. The minimum absolute atomic E-state index is 0.328. The zero-order valence-corrected chi connectivity index (χ0v) is 10.9. The Labute approximate surface area is 103 Å². The number of benzene rings is 1. The van der Waals surface area contributed by atoms with E-state index in [0.29, 0.717) is 28.8 Å². The van der Waals surface area contributed by atoms with E-state index in [1.807, 2.05) is 6.92 Å². The Bertz CT molecular complexity index is 382. The molecule has 5 heteroatoms. The molecule has 0 fully saturated rings. The van der Waals surface area contributed by atoms with Crippen LogP contribution in [-0.4, -0.2) is 17.3 Å². The molecule has 1 rings (SSSR count). The second-order valence-electron chi connectivity index (χ2n) is 4.06. The molecule has 0 saturated carbocycles. The maximum atomic E-state index is 13.3. The van der Waals surface area contributed by atoms with Crippen molar-refractivity contribution in [2.45, 2.75) is 25.9 Å². The third-order valence-electron chi connectivity index (χ3n) is 2.51. The van der Waals surface area contributed by atoms with Crippen molar-refractivity contribution in [1.29, 1.82) is 0 Å². The summed E-state index contributed by atoms with van der Waals surface area (Å²) in [4.78, 5) is 0. The smallest absolute Gasteiger partial charge is 0.139 e. The molecule has 0 heterocycles. The lowest BCUT2D eigenvalue weighted by Crippen LogP contribution is -2.32. The molecular formula is C11H16BrFN2O. The van der Waals surface area contributed by atoms with E-state index in [-0.39, 0.29) is 5.82 Å². The van der Waals surface area contributed by atoms with Gasteiger partial charge in [0.1, 0.15) is 5.82 Å². The van der Waals surface area contributed by atoms with Crippen LogP contribution in [0.1, 0.15) is 20.3 Å². The van der Waals surface area contributed by atoms with E-state index in [1.165, 1.54) is 12.1 Å². The first-order valence-corrected chi connectivity index (χ1v) is 5.86. The van der Waals surface area contributed by atoms with E-state index in [0.717, 1.165) is 0 Å². The average molecular weight is 291 g/mol. The summed E-state index contributed by atoms with van der Waals surface area (Å²) in [6.45, 7) is 3.92. The molecule has 0 amide bonds. The Hall–Kier alpha value is -0.810. The largest absolute Gasteiger partial charge is 0.397 e. The number of nitrogens with one attached hydrogen (secondary N) is 1. The number of nitrogens with two attached hydrogens (primary N) is 1. The van der Waals surface area contributed by atoms with Crippen LogP contribution in [0, 0.1) is 5.82 Å². The van der Waals surface area contributed by atoms with Crippen molar-refractivity contribution in [2.75, 3.05) is 17.6 Å². The predicted molar refractivity (Wildman–Crippen MR) is 67.9 cm³/mol. The standard InChI is InChI=1S/C11H16BrFN2O/c1-3-11(2,16)6-15-10-5-8(13)7(12)4-9(10)14/h4-5,15-16H,3,6,14H2,1-2H3. The van der Waals surface area contributed by atoms with Crippen LogP contribution in [0.15, 0.2) is 16.6 Å². The molecule has 0 aliphatic rings. The summed E-state index contributed by atoms with van der Waals surface area (Å²) >= 11 is 3.05. The first-order valence-electron chi connectivity index (χ1n) is 5.06. The maximum absolute atomic E-state index is 13.3. The highest BCUT2D eigenvalue weighted by Crippen LogP contribution is 2.27. The van der Waals surface area contributed by atoms with Gasteiger partial charge in [-0.15, -0.1) is 0 Å². The van der Waals surface area contributed by atoms with Crippen molar-refractivity contribution in [1.82, 2.24) is 0 Å². The number of halogens is 2. The van der Waals surface area contributed by atoms with E-state index in [9.17, 15) is 9.50 Å². The molecule has 0 aliphatic heterocycles. The predicted octanol–water partition coefficient (Wildman–Crippen LogP) is 2.74. The summed E-state index contributed by atoms with van der Waals surface area (Å²) in [5.74, 6) is -0.382. The highest BCUT2D eigenvalue weighted by Gasteiger charge is 2.17. The van der Waals surface area contributed by atoms with Gasteiger partial charge in [0.2, 0.25) is 0 Å². The monoisotopic (exact) mass is 290 g/mol. The molecule has 3 nitrogen and oxygen atoms in total. The summed E-state index contributed by atoms with van der Waals surface area (Å²) < 4.78 is 13.6. The molecule has 16 heavy (non-hydrogen) atoms. The molecule has 90 valence electrons. The minimum atomic E-state index is -0.823. The van der Waals surface area contributed by atoms with Crippen molar-refractivity contribution >= 4 is 27.3 Å². The zero-order chi connectivity index (χ0) is 12.3. The number of rotatable bonds is 4. The lowest BCUT2D eigenvalue weighted by Gasteiger charge is -2.23. The van der Waals surface area contributed by atoms with Gasteiger partial charge in [-0.2, -0.15) is 0 Å². The van der Waals surface area contributed by atoms with Crippen molar-refractivity contribution in [2.24, 2.45) is 0 Å². The van der Waals surface area contributed by atoms with E-state index >= 15 is 0 Å². The van der Waals surface area contributed by atoms with Gasteiger partial charge in [-0.25, -0.2) is 4.39 Å². The van der Waals surface area contributed by atoms with Gasteiger partial charge in [0.05, 0.1) is 21.4 Å². The van der Waals surface area contributed by atoms with Gasteiger partial charge in [-0.3, -0.25) is 0 Å². The van der Waals surface area contributed by atoms with Gasteiger partial charge in [-0.05, 0) is 35.3 Å². The first kappa shape index (κ1) is 13.3. The van der Waals surface area contributed by atoms with E-state index < -0.39 is 5.60 Å². The zero-order valence-electron chi connectivity index (χ0n) is 9.35. The fourth-order valence-corrected chi connectivity index (χ4v) is 1.49. The van der Waals surface area contributed by atoms with Crippen molar-refractivity contribution in [3.8, 4) is 0 Å². The third kappa shape index (κ3) is 3.35. The Morgan fingerprint density at radius 1 is 1.56 bits per heavy atom. The Morgan fingerprint density at radius 2 is 2.19 bits per heavy atom. The number of hydrogen-bond acceptors (Lipinski definition) is 3. The van der Waals surface area contributed by atoms with Crippen LogP contribution in [0.25, 0.3) is 0 Å². The second-order valence-corrected chi connectivity index (χ2v) is 4.91. The van der Waals surface area contributed by atoms with Gasteiger partial charge >= 0.3 is 0 Å². The van der Waals surface area contributed by atoms with Gasteiger partial charge in [0.25, 0.3) is 0 Å². The van der Waals surface area contributed by atoms with Crippen LogP contribution in [0.4, 0.5) is 15.8 Å². The van der Waals surface area contributed by atoms with Crippen molar-refractivity contribution < 1.29 is 9.50 Å². The molecule has 4 N–H and O–H groups in total. The van der Waals surface area contributed by atoms with Crippen LogP contribution in [0.5, 0.6) is 0 Å². The Kier molecular flexibility index (Phi) is 4.15. The summed E-state index contributed by atoms with van der Waals surface area (Å²) in [6, 6.07) is 2.81. The topological polar surface area (TPSA) is 58.3 Å². The van der Waals surface area contributed by atoms with E-state index in [2.05, 4.69) is 21.2 Å². The molecule has 0 saturated heterocycles. The van der Waals surface area contributed by atoms with Gasteiger partial charge in [0.15, 0.2) is 0 Å². The molecule has 1 atom stereocenters. The lowest BCUT2D eigenvalue weighted by atomic mass is 10.0. The van der Waals surface area contributed by atoms with E-state index in [4.69, 9.17) is 5.73 Å². The van der Waals surface area contributed by atoms with Crippen LogP contribution in [0.3, 0.4) is 0 Å². The van der Waals surface area contributed by atoms with E-state index in [1.54, 1.807) is 6.92 Å². The van der Waals surface area contributed by atoms with Gasteiger partial charge in [-0.1, -0.05) is 6.92 Å². The summed E-state index contributed by atoms with van der Waals surface area (Å²) in [5, 5.41) is 12.7. The number of anilines is 2. The quantitative estimate of drug-likeness (QED) is 0.748. The van der Waals surface area contributed by atoms with Crippen LogP contribution in [0.2, 0.25) is 0 Å². The fourth-order valence-electron chi connectivity index (χ4n) is 1.13. The number of aliphatic hydroxyl groups is 1. The van der Waals surface area contributed by atoms with Crippen LogP contribution in [-0.2, 0) is 0 Å². The normalized spacial score (nSPS) is 14.6. The molecule has 1 aromatic rings. The molecule has 1 unspecified atom stereocenters. The summed E-state index contributed by atoms with van der Waals surface area (Å²) in [5.41, 5.74) is 5.84. The molecule has 0 radical (unpaired) electrons. The van der Waals surface area contributed by atoms with Gasteiger partial charge in [0, 0.05) is 12.6 Å². The molecular weight excluding hydrogens is 275 g/mol. The average Bonchev–Trinajstić information content (AvgIpc) is 2.22. The van der Waals surface area contributed by atoms with Crippen molar-refractivity contribution in [3.05, 3.63) is 22.4 Å². The van der Waals surface area contributed by atoms with Gasteiger partial charge < -0.3 is 16.2 Å². The van der Waals surface area contributed by atoms with Crippen molar-refractivity contribution in [3.63, 3.8) is 0 Å². The second kappa shape index (κ2) is 5.01. The minimum Gasteiger partial charge on any atom is -0.397 e.